The van der Waals surface area contributed by atoms with E-state index in [1.54, 1.807) is 24.3 Å². The Labute approximate surface area is 121 Å². The molecule has 1 aromatic carbocycles. The minimum absolute atomic E-state index is 0.0509. The zero-order chi connectivity index (χ0) is 15.2. The number of Topliss-reactive ketones (excluding diaryl/α,β-unsaturated/α-hetero) is 1. The van der Waals surface area contributed by atoms with Crippen molar-refractivity contribution < 1.29 is 19.5 Å². The monoisotopic (exact) mass is 295 g/mol. The van der Waals surface area contributed by atoms with Crippen LogP contribution in [0.15, 0.2) is 30.3 Å². The summed E-state index contributed by atoms with van der Waals surface area (Å²) >= 11 is 1.16. The number of carbonyl (C=O) groups excluding carboxylic acids is 2. The number of ketones is 1. The van der Waals surface area contributed by atoms with Gasteiger partial charge in [-0.2, -0.15) is 0 Å². The van der Waals surface area contributed by atoms with Crippen molar-refractivity contribution in [3.63, 3.8) is 0 Å². The Hall–Kier alpha value is -1.82. The van der Waals surface area contributed by atoms with Crippen LogP contribution in [0.2, 0.25) is 0 Å². The molecule has 0 saturated carbocycles. The van der Waals surface area contributed by atoms with Crippen LogP contribution >= 0.6 is 11.8 Å². The predicted octanol–water partition coefficient (Wildman–Crippen LogP) is 1.58. The maximum atomic E-state index is 11.8. The Morgan fingerprint density at radius 2 is 1.75 bits per heavy atom. The summed E-state index contributed by atoms with van der Waals surface area (Å²) in [5.74, 6) is -1.32. The lowest BCUT2D eigenvalue weighted by molar-refractivity contribution is -0.145. The number of rotatable bonds is 7. The van der Waals surface area contributed by atoms with Gasteiger partial charge in [0.25, 0.3) is 0 Å². The summed E-state index contributed by atoms with van der Waals surface area (Å²) in [6.07, 6.45) is 0. The van der Waals surface area contributed by atoms with Crippen molar-refractivity contribution >= 4 is 29.4 Å². The second-order valence-electron chi connectivity index (χ2n) is 4.76. The Bertz CT molecular complexity index is 499. The molecule has 0 aliphatic carbocycles. The van der Waals surface area contributed by atoms with E-state index < -0.39 is 17.4 Å². The number of carboxylic acids is 1. The Morgan fingerprint density at radius 3 is 2.30 bits per heavy atom. The lowest BCUT2D eigenvalue weighted by Crippen LogP contribution is -2.50. The van der Waals surface area contributed by atoms with Crippen LogP contribution in [0.25, 0.3) is 0 Å². The lowest BCUT2D eigenvalue weighted by atomic mass is 10.1. The van der Waals surface area contributed by atoms with Crippen LogP contribution in [0.1, 0.15) is 24.2 Å². The van der Waals surface area contributed by atoms with E-state index >= 15 is 0 Å². The van der Waals surface area contributed by atoms with Crippen LogP contribution in [0, 0.1) is 0 Å². The minimum Gasteiger partial charge on any atom is -0.480 e. The molecule has 0 atom stereocenters. The first-order valence-corrected chi connectivity index (χ1v) is 7.19. The average molecular weight is 295 g/mol. The fourth-order valence-electron chi connectivity index (χ4n) is 1.38. The molecule has 0 aromatic heterocycles. The van der Waals surface area contributed by atoms with Gasteiger partial charge in [0.05, 0.1) is 11.5 Å². The number of amides is 1. The normalized spacial score (nSPS) is 10.9. The van der Waals surface area contributed by atoms with Crippen molar-refractivity contribution in [1.29, 1.82) is 0 Å². The van der Waals surface area contributed by atoms with E-state index in [1.807, 2.05) is 6.07 Å². The van der Waals surface area contributed by atoms with Crippen molar-refractivity contribution in [2.24, 2.45) is 0 Å². The number of carbonyl (C=O) groups is 3. The molecule has 0 spiro atoms. The van der Waals surface area contributed by atoms with Gasteiger partial charge in [0.15, 0.2) is 5.78 Å². The molecule has 0 saturated heterocycles. The second kappa shape index (κ2) is 7.09. The van der Waals surface area contributed by atoms with Crippen LogP contribution in [0.5, 0.6) is 0 Å². The number of hydrogen-bond donors (Lipinski definition) is 2. The van der Waals surface area contributed by atoms with E-state index in [1.165, 1.54) is 13.8 Å². The van der Waals surface area contributed by atoms with Gasteiger partial charge in [-0.25, -0.2) is 4.79 Å². The SMILES string of the molecule is CC(C)(NC(=O)CSCC(=O)c1ccccc1)C(=O)O. The summed E-state index contributed by atoms with van der Waals surface area (Å²) in [4.78, 5) is 34.2. The number of nitrogens with one attached hydrogen (secondary N) is 1. The van der Waals surface area contributed by atoms with Gasteiger partial charge < -0.3 is 10.4 Å². The maximum Gasteiger partial charge on any atom is 0.328 e. The number of thioether (sulfide) groups is 1. The molecule has 0 unspecified atom stereocenters. The second-order valence-corrected chi connectivity index (χ2v) is 5.75. The van der Waals surface area contributed by atoms with E-state index in [0.29, 0.717) is 5.56 Å². The smallest absolute Gasteiger partial charge is 0.328 e. The third-order valence-corrected chi connectivity index (χ3v) is 3.48. The predicted molar refractivity (Wildman–Crippen MR) is 78.0 cm³/mol. The quantitative estimate of drug-likeness (QED) is 0.746. The lowest BCUT2D eigenvalue weighted by Gasteiger charge is -2.20. The van der Waals surface area contributed by atoms with Gasteiger partial charge in [0, 0.05) is 5.56 Å². The molecular weight excluding hydrogens is 278 g/mol. The Morgan fingerprint density at radius 1 is 1.15 bits per heavy atom. The van der Waals surface area contributed by atoms with Crippen LogP contribution in [-0.4, -0.2) is 39.8 Å². The maximum absolute atomic E-state index is 11.8. The van der Waals surface area contributed by atoms with Crippen molar-refractivity contribution in [3.05, 3.63) is 35.9 Å². The minimum atomic E-state index is -1.30. The van der Waals surface area contributed by atoms with Crippen LogP contribution in [0.3, 0.4) is 0 Å². The first-order valence-electron chi connectivity index (χ1n) is 6.03. The zero-order valence-corrected chi connectivity index (χ0v) is 12.2. The average Bonchev–Trinajstić information content (AvgIpc) is 2.38. The highest BCUT2D eigenvalue weighted by Crippen LogP contribution is 2.08. The van der Waals surface area contributed by atoms with Gasteiger partial charge in [0.2, 0.25) is 5.91 Å². The number of hydrogen-bond acceptors (Lipinski definition) is 4. The molecule has 0 heterocycles. The summed E-state index contributed by atoms with van der Waals surface area (Å²) in [7, 11) is 0. The molecule has 5 nitrogen and oxygen atoms in total. The van der Waals surface area contributed by atoms with Crippen molar-refractivity contribution in [3.8, 4) is 0 Å². The zero-order valence-electron chi connectivity index (χ0n) is 11.4. The molecule has 6 heteroatoms. The third-order valence-electron chi connectivity index (χ3n) is 2.55. The molecule has 0 bridgehead atoms. The third kappa shape index (κ3) is 5.05. The fraction of sp³-hybridized carbons (Fsp3) is 0.357. The summed E-state index contributed by atoms with van der Waals surface area (Å²) in [5, 5.41) is 11.3. The molecule has 1 amide bonds. The summed E-state index contributed by atoms with van der Waals surface area (Å²) < 4.78 is 0. The van der Waals surface area contributed by atoms with E-state index in [9.17, 15) is 14.4 Å². The fourth-order valence-corrected chi connectivity index (χ4v) is 2.09. The number of benzene rings is 1. The Balaban J connectivity index is 2.36. The molecule has 0 aliphatic heterocycles. The van der Waals surface area contributed by atoms with E-state index in [2.05, 4.69) is 5.32 Å². The molecule has 108 valence electrons. The molecule has 2 N–H and O–H groups in total. The largest absolute Gasteiger partial charge is 0.480 e. The molecular formula is C14H17NO4S. The molecule has 0 fully saturated rings. The van der Waals surface area contributed by atoms with Crippen molar-refractivity contribution in [1.82, 2.24) is 5.32 Å². The van der Waals surface area contributed by atoms with Gasteiger partial charge in [0.1, 0.15) is 5.54 Å². The highest BCUT2D eigenvalue weighted by molar-refractivity contribution is 8.00. The van der Waals surface area contributed by atoms with Gasteiger partial charge >= 0.3 is 5.97 Å². The van der Waals surface area contributed by atoms with E-state index in [-0.39, 0.29) is 17.3 Å². The van der Waals surface area contributed by atoms with E-state index in [0.717, 1.165) is 11.8 Å². The summed E-state index contributed by atoms with van der Waals surface area (Å²) in [5.41, 5.74) is -0.701. The van der Waals surface area contributed by atoms with Gasteiger partial charge in [-0.1, -0.05) is 30.3 Å². The van der Waals surface area contributed by atoms with Gasteiger partial charge in [-0.05, 0) is 13.8 Å². The van der Waals surface area contributed by atoms with Crippen molar-refractivity contribution in [2.75, 3.05) is 11.5 Å². The molecule has 0 radical (unpaired) electrons. The van der Waals surface area contributed by atoms with E-state index in [4.69, 9.17) is 5.11 Å². The highest BCUT2D eigenvalue weighted by atomic mass is 32.2. The molecule has 1 rings (SSSR count). The summed E-state index contributed by atoms with van der Waals surface area (Å²) in [6.45, 7) is 2.82. The standard InChI is InChI=1S/C14H17NO4S/c1-14(2,13(18)19)15-12(17)9-20-8-11(16)10-6-4-3-5-7-10/h3-7H,8-9H2,1-2H3,(H,15,17)(H,18,19). The summed E-state index contributed by atoms with van der Waals surface area (Å²) in [6, 6.07) is 8.82. The number of carboxylic acid groups (broad SMARTS) is 1. The highest BCUT2D eigenvalue weighted by Gasteiger charge is 2.28. The van der Waals surface area contributed by atoms with Crippen LogP contribution in [0.4, 0.5) is 0 Å². The Kier molecular flexibility index (Phi) is 5.76. The van der Waals surface area contributed by atoms with Gasteiger partial charge in [-0.3, -0.25) is 9.59 Å². The first kappa shape index (κ1) is 16.2. The van der Waals surface area contributed by atoms with Crippen molar-refractivity contribution in [2.45, 2.75) is 19.4 Å². The topological polar surface area (TPSA) is 83.5 Å². The number of aliphatic carboxylic acids is 1. The molecule has 0 aliphatic rings. The van der Waals surface area contributed by atoms with Crippen LogP contribution in [-0.2, 0) is 9.59 Å². The first-order chi connectivity index (χ1) is 9.33. The molecule has 20 heavy (non-hydrogen) atoms. The molecule has 1 aromatic rings. The van der Waals surface area contributed by atoms with Gasteiger partial charge in [-0.15, -0.1) is 11.8 Å². The van der Waals surface area contributed by atoms with Crippen LogP contribution < -0.4 is 5.32 Å².